The highest BCUT2D eigenvalue weighted by molar-refractivity contribution is 5.87. The standard InChI is InChI=1S/C17H21N3O3/c1-3-23-17(22)15-9-11-20(19-15)12-10-16(21)18-13(2)14-7-5-4-6-8-14/h4-9,11,13H,3,10,12H2,1-2H3,(H,18,21). The Morgan fingerprint density at radius 1 is 1.26 bits per heavy atom. The Hall–Kier alpha value is -2.63. The summed E-state index contributed by atoms with van der Waals surface area (Å²) in [6.45, 7) is 4.41. The van der Waals surface area contributed by atoms with Gasteiger partial charge in [0, 0.05) is 19.2 Å². The topological polar surface area (TPSA) is 73.2 Å². The fourth-order valence-corrected chi connectivity index (χ4v) is 2.15. The van der Waals surface area contributed by atoms with Crippen LogP contribution in [0.25, 0.3) is 0 Å². The van der Waals surface area contributed by atoms with Crippen molar-refractivity contribution in [3.63, 3.8) is 0 Å². The summed E-state index contributed by atoms with van der Waals surface area (Å²) in [7, 11) is 0. The van der Waals surface area contributed by atoms with Crippen LogP contribution in [0, 0.1) is 0 Å². The van der Waals surface area contributed by atoms with Crippen molar-refractivity contribution in [1.29, 1.82) is 0 Å². The van der Waals surface area contributed by atoms with Crippen LogP contribution in [0.5, 0.6) is 0 Å². The molecule has 2 aromatic rings. The van der Waals surface area contributed by atoms with E-state index in [1.807, 2.05) is 37.3 Å². The second-order valence-corrected chi connectivity index (χ2v) is 5.13. The lowest BCUT2D eigenvalue weighted by Crippen LogP contribution is -2.27. The van der Waals surface area contributed by atoms with Crippen molar-refractivity contribution in [2.45, 2.75) is 32.9 Å². The number of amides is 1. The number of rotatable bonds is 7. The van der Waals surface area contributed by atoms with Gasteiger partial charge in [0.1, 0.15) is 0 Å². The van der Waals surface area contributed by atoms with Crippen LogP contribution in [-0.4, -0.2) is 28.3 Å². The van der Waals surface area contributed by atoms with E-state index in [-0.39, 0.29) is 17.6 Å². The maximum atomic E-state index is 12.0. The molecule has 1 N–H and O–H groups in total. The van der Waals surface area contributed by atoms with Crippen molar-refractivity contribution in [3.8, 4) is 0 Å². The third-order valence-corrected chi connectivity index (χ3v) is 3.37. The second kappa shape index (κ2) is 8.12. The Labute approximate surface area is 135 Å². The molecule has 0 aliphatic rings. The molecule has 0 fully saturated rings. The average molecular weight is 315 g/mol. The molecule has 23 heavy (non-hydrogen) atoms. The molecule has 122 valence electrons. The zero-order valence-corrected chi connectivity index (χ0v) is 13.4. The Morgan fingerprint density at radius 3 is 2.70 bits per heavy atom. The molecule has 1 aromatic heterocycles. The van der Waals surface area contributed by atoms with Gasteiger partial charge in [-0.3, -0.25) is 9.48 Å². The summed E-state index contributed by atoms with van der Waals surface area (Å²) in [6.07, 6.45) is 1.96. The van der Waals surface area contributed by atoms with E-state index in [2.05, 4.69) is 10.4 Å². The number of nitrogens with one attached hydrogen (secondary N) is 1. The smallest absolute Gasteiger partial charge is 0.358 e. The first-order valence-corrected chi connectivity index (χ1v) is 7.65. The van der Waals surface area contributed by atoms with Crippen molar-refractivity contribution in [2.75, 3.05) is 6.61 Å². The lowest BCUT2D eigenvalue weighted by atomic mass is 10.1. The molecule has 0 saturated carbocycles. The molecule has 1 amide bonds. The molecule has 0 bridgehead atoms. The van der Waals surface area contributed by atoms with Gasteiger partial charge in [0.25, 0.3) is 0 Å². The summed E-state index contributed by atoms with van der Waals surface area (Å²) >= 11 is 0. The first-order valence-electron chi connectivity index (χ1n) is 7.65. The van der Waals surface area contributed by atoms with Crippen molar-refractivity contribution in [2.24, 2.45) is 0 Å². The second-order valence-electron chi connectivity index (χ2n) is 5.13. The van der Waals surface area contributed by atoms with Crippen molar-refractivity contribution in [3.05, 3.63) is 53.9 Å². The number of aromatic nitrogens is 2. The highest BCUT2D eigenvalue weighted by Crippen LogP contribution is 2.11. The maximum absolute atomic E-state index is 12.0. The Balaban J connectivity index is 1.81. The van der Waals surface area contributed by atoms with Crippen molar-refractivity contribution in [1.82, 2.24) is 15.1 Å². The number of hydrogen-bond acceptors (Lipinski definition) is 4. The van der Waals surface area contributed by atoms with Crippen LogP contribution < -0.4 is 5.32 Å². The fourth-order valence-electron chi connectivity index (χ4n) is 2.15. The molecular weight excluding hydrogens is 294 g/mol. The number of carbonyl (C=O) groups excluding carboxylic acids is 2. The molecule has 0 aliphatic carbocycles. The summed E-state index contributed by atoms with van der Waals surface area (Å²) in [6, 6.07) is 11.3. The zero-order valence-electron chi connectivity index (χ0n) is 13.4. The number of ether oxygens (including phenoxy) is 1. The summed E-state index contributed by atoms with van der Waals surface area (Å²) in [4.78, 5) is 23.5. The van der Waals surface area contributed by atoms with Crippen LogP contribution >= 0.6 is 0 Å². The van der Waals surface area contributed by atoms with E-state index < -0.39 is 5.97 Å². The molecular formula is C17H21N3O3. The first-order chi connectivity index (χ1) is 11.1. The summed E-state index contributed by atoms with van der Waals surface area (Å²) in [5.74, 6) is -0.511. The molecule has 0 saturated heterocycles. The molecule has 0 aliphatic heterocycles. The van der Waals surface area contributed by atoms with E-state index >= 15 is 0 Å². The van der Waals surface area contributed by atoms with Crippen molar-refractivity contribution < 1.29 is 14.3 Å². The minimum absolute atomic E-state index is 0.0450. The molecule has 1 heterocycles. The number of benzene rings is 1. The summed E-state index contributed by atoms with van der Waals surface area (Å²) in [5.41, 5.74) is 1.31. The SMILES string of the molecule is CCOC(=O)c1ccn(CCC(=O)NC(C)c2ccccc2)n1. The summed E-state index contributed by atoms with van der Waals surface area (Å²) < 4.78 is 6.44. The Kier molecular flexibility index (Phi) is 5.91. The first kappa shape index (κ1) is 16.7. The number of esters is 1. The minimum atomic E-state index is -0.451. The van der Waals surface area contributed by atoms with E-state index in [0.29, 0.717) is 19.6 Å². The molecule has 1 atom stereocenters. The molecule has 2 rings (SSSR count). The molecule has 6 nitrogen and oxygen atoms in total. The molecule has 1 aromatic carbocycles. The van der Waals surface area contributed by atoms with E-state index in [1.165, 1.54) is 0 Å². The van der Waals surface area contributed by atoms with Gasteiger partial charge < -0.3 is 10.1 Å². The van der Waals surface area contributed by atoms with Gasteiger partial charge in [0.15, 0.2) is 5.69 Å². The quantitative estimate of drug-likeness (QED) is 0.796. The van der Waals surface area contributed by atoms with Gasteiger partial charge in [-0.25, -0.2) is 4.79 Å². The van der Waals surface area contributed by atoms with E-state index in [1.54, 1.807) is 23.9 Å². The van der Waals surface area contributed by atoms with Crippen LogP contribution in [0.15, 0.2) is 42.6 Å². The maximum Gasteiger partial charge on any atom is 0.358 e. The predicted molar refractivity (Wildman–Crippen MR) is 85.8 cm³/mol. The van der Waals surface area contributed by atoms with E-state index in [9.17, 15) is 9.59 Å². The Bertz CT molecular complexity index is 652. The van der Waals surface area contributed by atoms with Crippen molar-refractivity contribution >= 4 is 11.9 Å². The van der Waals surface area contributed by atoms with E-state index in [0.717, 1.165) is 5.56 Å². The fraction of sp³-hybridized carbons (Fsp3) is 0.353. The minimum Gasteiger partial charge on any atom is -0.461 e. The Morgan fingerprint density at radius 2 is 2.00 bits per heavy atom. The third kappa shape index (κ3) is 4.95. The normalized spacial score (nSPS) is 11.7. The van der Waals surface area contributed by atoms with Gasteiger partial charge >= 0.3 is 5.97 Å². The van der Waals surface area contributed by atoms with Gasteiger partial charge in [-0.2, -0.15) is 5.10 Å². The van der Waals surface area contributed by atoms with Gasteiger partial charge in [-0.1, -0.05) is 30.3 Å². The lowest BCUT2D eigenvalue weighted by molar-refractivity contribution is -0.122. The molecule has 0 spiro atoms. The molecule has 1 unspecified atom stereocenters. The largest absolute Gasteiger partial charge is 0.461 e. The number of hydrogen-bond donors (Lipinski definition) is 1. The summed E-state index contributed by atoms with van der Waals surface area (Å²) in [5, 5.41) is 7.04. The average Bonchev–Trinajstić information content (AvgIpc) is 3.03. The molecule has 6 heteroatoms. The third-order valence-electron chi connectivity index (χ3n) is 3.37. The highest BCUT2D eigenvalue weighted by Gasteiger charge is 2.12. The van der Waals surface area contributed by atoms with Crippen LogP contribution in [0.3, 0.4) is 0 Å². The van der Waals surface area contributed by atoms with Crippen LogP contribution in [0.4, 0.5) is 0 Å². The van der Waals surface area contributed by atoms with Crippen LogP contribution in [0.1, 0.15) is 42.4 Å². The van der Waals surface area contributed by atoms with Gasteiger partial charge in [-0.15, -0.1) is 0 Å². The molecule has 0 radical (unpaired) electrons. The van der Waals surface area contributed by atoms with Crippen LogP contribution in [0.2, 0.25) is 0 Å². The highest BCUT2D eigenvalue weighted by atomic mass is 16.5. The van der Waals surface area contributed by atoms with Gasteiger partial charge in [-0.05, 0) is 25.5 Å². The van der Waals surface area contributed by atoms with Crippen LogP contribution in [-0.2, 0) is 16.1 Å². The zero-order chi connectivity index (χ0) is 16.7. The monoisotopic (exact) mass is 315 g/mol. The number of nitrogens with zero attached hydrogens (tertiary/aromatic N) is 2. The number of aryl methyl sites for hydroxylation is 1. The number of carbonyl (C=O) groups is 2. The van der Waals surface area contributed by atoms with Gasteiger partial charge in [0.05, 0.1) is 12.6 Å². The van der Waals surface area contributed by atoms with Gasteiger partial charge in [0.2, 0.25) is 5.91 Å². The van der Waals surface area contributed by atoms with E-state index in [4.69, 9.17) is 4.74 Å². The predicted octanol–water partition coefficient (Wildman–Crippen LogP) is 2.33. The lowest BCUT2D eigenvalue weighted by Gasteiger charge is -2.14.